The molecule has 0 aliphatic heterocycles. The zero-order chi connectivity index (χ0) is 31.3. The van der Waals surface area contributed by atoms with E-state index in [0.29, 0.717) is 0 Å². The van der Waals surface area contributed by atoms with Gasteiger partial charge < -0.3 is 0 Å². The fourth-order valence-electron chi connectivity index (χ4n) is 7.62. The fraction of sp³-hybridized carbons (Fsp3) is 0.293. The summed E-state index contributed by atoms with van der Waals surface area (Å²) in [5.41, 5.74) is 10.8. The number of aryl methyl sites for hydroxylation is 1. The molecule has 1 atom stereocenters. The summed E-state index contributed by atoms with van der Waals surface area (Å²) >= 11 is -1.32. The Kier molecular flexibility index (Phi) is 8.63. The molecule has 0 amide bonds. The van der Waals surface area contributed by atoms with Crippen molar-refractivity contribution >= 4 is 28.2 Å². The van der Waals surface area contributed by atoms with Crippen LogP contribution < -0.4 is 10.4 Å². The van der Waals surface area contributed by atoms with E-state index in [1.54, 1.807) is 39.2 Å². The summed E-state index contributed by atoms with van der Waals surface area (Å²) < 4.78 is 3.29. The van der Waals surface area contributed by atoms with Crippen LogP contribution in [0.25, 0.3) is 8.85 Å². The van der Waals surface area contributed by atoms with E-state index in [2.05, 4.69) is 156 Å². The molecular weight excluding hydrogens is 640 g/mol. The molecule has 0 bridgehead atoms. The Bertz CT molecular complexity index is 1850. The maximum absolute atomic E-state index is 2.86. The first kappa shape index (κ1) is 31.5. The quantitative estimate of drug-likeness (QED) is 0.207. The Labute approximate surface area is 278 Å². The molecule has 0 saturated carbocycles. The van der Waals surface area contributed by atoms with Gasteiger partial charge in [-0.15, -0.1) is 0 Å². The van der Waals surface area contributed by atoms with Crippen LogP contribution in [-0.4, -0.2) is 19.4 Å². The number of benzene rings is 3. The van der Waals surface area contributed by atoms with Crippen LogP contribution in [0.2, 0.25) is 44.3 Å². The van der Waals surface area contributed by atoms with E-state index < -0.39 is 38.9 Å². The normalized spacial score (nSPS) is 19.5. The van der Waals surface area contributed by atoms with Crippen LogP contribution in [0.15, 0.2) is 125 Å². The van der Waals surface area contributed by atoms with Crippen molar-refractivity contribution in [1.82, 2.24) is 0 Å². The zero-order valence-electron chi connectivity index (χ0n) is 27.9. The van der Waals surface area contributed by atoms with Gasteiger partial charge in [-0.3, -0.25) is 0 Å². The summed E-state index contributed by atoms with van der Waals surface area (Å²) in [6.07, 6.45) is 13.3. The van der Waals surface area contributed by atoms with E-state index in [9.17, 15) is 0 Å². The van der Waals surface area contributed by atoms with Gasteiger partial charge >= 0.3 is 281 Å². The third-order valence-corrected chi connectivity index (χ3v) is 19.4. The Morgan fingerprint density at radius 3 is 1.91 bits per heavy atom. The summed E-state index contributed by atoms with van der Waals surface area (Å²) in [5.74, 6) is 0. The van der Waals surface area contributed by atoms with Crippen LogP contribution in [0.4, 0.5) is 0 Å². The van der Waals surface area contributed by atoms with Crippen LogP contribution in [0.5, 0.6) is 0 Å². The third kappa shape index (κ3) is 5.38. The summed E-state index contributed by atoms with van der Waals surface area (Å²) in [6, 6.07) is 30.1. The molecule has 0 heterocycles. The molecule has 44 heavy (non-hydrogen) atoms. The average molecular weight is 687 g/mol. The van der Waals surface area contributed by atoms with Crippen molar-refractivity contribution in [3.63, 3.8) is 0 Å². The summed E-state index contributed by atoms with van der Waals surface area (Å²) in [4.78, 5) is 0. The molecular formula is C41H47Si2Zr. The number of fused-ring (bicyclic) bond motifs is 2. The Balaban J connectivity index is 1.84. The van der Waals surface area contributed by atoms with Crippen LogP contribution in [0.1, 0.15) is 43.4 Å². The van der Waals surface area contributed by atoms with Gasteiger partial charge in [-0.1, -0.05) is 0 Å². The first-order valence-corrected chi connectivity index (χ1v) is 25.9. The Hall–Kier alpha value is -2.45. The average Bonchev–Trinajstić information content (AvgIpc) is 3.65. The predicted octanol–water partition coefficient (Wildman–Crippen LogP) is 9.36. The second-order valence-electron chi connectivity index (χ2n) is 14.7. The second-order valence-corrected chi connectivity index (χ2v) is 28.2. The van der Waals surface area contributed by atoms with Crippen molar-refractivity contribution < 1.29 is 22.8 Å². The maximum atomic E-state index is 2.86. The van der Waals surface area contributed by atoms with Gasteiger partial charge in [0, 0.05) is 0 Å². The van der Waals surface area contributed by atoms with Crippen LogP contribution in [0.3, 0.4) is 0 Å². The van der Waals surface area contributed by atoms with Gasteiger partial charge in [0.2, 0.25) is 0 Å². The van der Waals surface area contributed by atoms with Gasteiger partial charge in [0.1, 0.15) is 0 Å². The van der Waals surface area contributed by atoms with Crippen molar-refractivity contribution in [3.8, 4) is 0 Å². The van der Waals surface area contributed by atoms with Gasteiger partial charge in [-0.2, -0.15) is 0 Å². The number of allylic oxidation sites excluding steroid dienone is 8. The standard InChI is InChI=1S/C28H37Si2.C13H10.Zr/c1-9-20-15-16-23-22(17-20)18-24-26(23)25(29(3,4)5)19-28(10-2,30(6,7)8)27(24)21-13-11-12-14-21;1-3-7-12(8-4-1)11-13-9-5-2-6-10-13;/h11-13,15-17,19H,9-10,14H2,1-8H3;1-10H;. The molecule has 0 N–H and O–H groups in total. The first-order chi connectivity index (χ1) is 21.0. The van der Waals surface area contributed by atoms with Crippen molar-refractivity contribution in [1.29, 1.82) is 0 Å². The third-order valence-electron chi connectivity index (χ3n) is 10.1. The summed E-state index contributed by atoms with van der Waals surface area (Å²) in [7, 11) is -3.44. The molecule has 6 rings (SSSR count). The molecule has 3 aliphatic rings. The van der Waals surface area contributed by atoms with E-state index >= 15 is 0 Å². The number of hydrogen-bond acceptors (Lipinski definition) is 0. The molecule has 0 saturated heterocycles. The van der Waals surface area contributed by atoms with Crippen LogP contribution >= 0.6 is 0 Å². The predicted molar refractivity (Wildman–Crippen MR) is 195 cm³/mol. The van der Waals surface area contributed by atoms with E-state index in [1.165, 1.54) is 28.3 Å². The molecule has 0 spiro atoms. The first-order valence-electron chi connectivity index (χ1n) is 16.5. The van der Waals surface area contributed by atoms with Crippen molar-refractivity contribution in [3.05, 3.63) is 152 Å². The van der Waals surface area contributed by atoms with E-state index in [4.69, 9.17) is 0 Å². The number of hydrogen-bond donors (Lipinski definition) is 0. The molecule has 3 aromatic rings. The molecule has 0 aromatic heterocycles. The summed E-state index contributed by atoms with van der Waals surface area (Å²) in [5, 5.41) is 4.86. The Morgan fingerprint density at radius 1 is 0.773 bits per heavy atom. The van der Waals surface area contributed by atoms with E-state index in [-0.39, 0.29) is 5.04 Å². The van der Waals surface area contributed by atoms with Crippen molar-refractivity contribution in [2.75, 3.05) is 0 Å². The topological polar surface area (TPSA) is 0 Å². The molecule has 3 aliphatic carbocycles. The molecule has 3 aromatic carbocycles. The Morgan fingerprint density at radius 2 is 1.41 bits per heavy atom. The van der Waals surface area contributed by atoms with Gasteiger partial charge in [0.25, 0.3) is 0 Å². The van der Waals surface area contributed by atoms with Crippen molar-refractivity contribution in [2.45, 2.75) is 77.4 Å². The van der Waals surface area contributed by atoms with E-state index in [1.807, 2.05) is 0 Å². The second kappa shape index (κ2) is 12.0. The molecule has 0 nitrogen and oxygen atoms in total. The van der Waals surface area contributed by atoms with Gasteiger partial charge in [0.15, 0.2) is 0 Å². The van der Waals surface area contributed by atoms with E-state index in [0.717, 1.165) is 12.8 Å². The van der Waals surface area contributed by atoms with Gasteiger partial charge in [-0.25, -0.2) is 0 Å². The fourth-order valence-corrected chi connectivity index (χ4v) is 16.0. The molecule has 0 fully saturated rings. The van der Waals surface area contributed by atoms with Crippen LogP contribution in [0, 0.1) is 0 Å². The zero-order valence-corrected chi connectivity index (χ0v) is 32.4. The molecule has 3 heteroatoms. The molecule has 0 radical (unpaired) electrons. The number of rotatable bonds is 8. The van der Waals surface area contributed by atoms with Gasteiger partial charge in [0.05, 0.1) is 0 Å². The minimum absolute atomic E-state index is 0.110. The van der Waals surface area contributed by atoms with Crippen LogP contribution in [-0.2, 0) is 29.2 Å². The molecule has 223 valence electrons. The molecule has 1 unspecified atom stereocenters. The van der Waals surface area contributed by atoms with Gasteiger partial charge in [-0.05, 0) is 0 Å². The SMILES string of the molecule is CCc1ccc2c(c1)=[C]([Zr]=[C](c1ccccc1)c1ccccc1)C1=C(C3=CC=CC3)C(CC)([Si](C)(C)C)C=C([Si](C)(C)C)C=21. The minimum atomic E-state index is -1.73. The summed E-state index contributed by atoms with van der Waals surface area (Å²) in [6.45, 7) is 20.4. The van der Waals surface area contributed by atoms with Crippen molar-refractivity contribution in [2.24, 2.45) is 0 Å². The monoisotopic (exact) mass is 685 g/mol.